The number of thiocarbonyl (C=S) groups is 1. The van der Waals surface area contributed by atoms with Crippen LogP contribution in [0.15, 0.2) is 42.5 Å². The van der Waals surface area contributed by atoms with Gasteiger partial charge in [0.1, 0.15) is 0 Å². The maximum Gasteiger partial charge on any atom is 0.168 e. The van der Waals surface area contributed by atoms with Gasteiger partial charge in [-0.3, -0.25) is 0 Å². The smallest absolute Gasteiger partial charge is 0.168 e. The summed E-state index contributed by atoms with van der Waals surface area (Å²) in [6, 6.07) is 14.6. The third-order valence-electron chi connectivity index (χ3n) is 2.69. The Kier molecular flexibility index (Phi) is 3.63. The molecule has 0 saturated carbocycles. The van der Waals surface area contributed by atoms with Gasteiger partial charge in [0, 0.05) is 5.69 Å². The number of hydrogen-bond acceptors (Lipinski definition) is 1. The molecule has 0 aromatic heterocycles. The van der Waals surface area contributed by atoms with Crippen molar-refractivity contribution < 1.29 is 0 Å². The minimum atomic E-state index is 0.285. The fourth-order valence-electron chi connectivity index (χ4n) is 2.06. The summed E-state index contributed by atoms with van der Waals surface area (Å²) in [5, 5.41) is 3.24. The van der Waals surface area contributed by atoms with Crippen molar-refractivity contribution >= 4 is 23.0 Å². The Hall–Kier alpha value is -1.87. The third kappa shape index (κ3) is 3.08. The van der Waals surface area contributed by atoms with Crippen LogP contribution in [-0.4, -0.2) is 5.11 Å². The molecule has 0 fully saturated rings. The maximum atomic E-state index is 5.48. The van der Waals surface area contributed by atoms with Gasteiger partial charge in [-0.25, -0.2) is 0 Å². The molecule has 2 aromatic carbocycles. The lowest BCUT2D eigenvalue weighted by Crippen LogP contribution is -2.18. The van der Waals surface area contributed by atoms with Crippen LogP contribution in [0.5, 0.6) is 0 Å². The summed E-state index contributed by atoms with van der Waals surface area (Å²) >= 11 is 4.85. The molecule has 0 bridgehead atoms. The van der Waals surface area contributed by atoms with Crippen LogP contribution in [0.25, 0.3) is 11.1 Å². The van der Waals surface area contributed by atoms with Crippen LogP contribution in [-0.2, 0) is 0 Å². The van der Waals surface area contributed by atoms with Crippen molar-refractivity contribution in [3.8, 4) is 11.1 Å². The van der Waals surface area contributed by atoms with Crippen LogP contribution in [0, 0.1) is 13.8 Å². The van der Waals surface area contributed by atoms with Crippen molar-refractivity contribution in [3.05, 3.63) is 53.6 Å². The second-order valence-corrected chi connectivity index (χ2v) is 4.89. The highest BCUT2D eigenvalue weighted by atomic mass is 32.1. The summed E-state index contributed by atoms with van der Waals surface area (Å²) in [4.78, 5) is 0. The summed E-state index contributed by atoms with van der Waals surface area (Å²) in [6.45, 7) is 4.21. The van der Waals surface area contributed by atoms with E-state index < -0.39 is 0 Å². The van der Waals surface area contributed by atoms with E-state index in [-0.39, 0.29) is 5.11 Å². The molecule has 2 aromatic rings. The first-order valence-corrected chi connectivity index (χ1v) is 6.20. The molecule has 0 heterocycles. The SMILES string of the molecule is Cc1cc(C)cc(-c2cccc(NC(N)=S)c2)c1. The number of nitrogens with one attached hydrogen (secondary N) is 1. The molecular formula is C15H16N2S. The summed E-state index contributed by atoms with van der Waals surface area (Å²) in [5.41, 5.74) is 11.3. The van der Waals surface area contributed by atoms with Crippen LogP contribution < -0.4 is 11.1 Å². The first-order valence-electron chi connectivity index (χ1n) is 5.80. The van der Waals surface area contributed by atoms with Crippen molar-refractivity contribution in [1.82, 2.24) is 0 Å². The van der Waals surface area contributed by atoms with E-state index in [1.807, 2.05) is 18.2 Å². The minimum Gasteiger partial charge on any atom is -0.376 e. The molecule has 2 rings (SSSR count). The van der Waals surface area contributed by atoms with Crippen LogP contribution in [0.3, 0.4) is 0 Å². The maximum absolute atomic E-state index is 5.48. The molecular weight excluding hydrogens is 240 g/mol. The van der Waals surface area contributed by atoms with E-state index in [0.717, 1.165) is 11.3 Å². The monoisotopic (exact) mass is 256 g/mol. The van der Waals surface area contributed by atoms with Gasteiger partial charge in [0.05, 0.1) is 0 Å². The van der Waals surface area contributed by atoms with E-state index in [2.05, 4.69) is 43.4 Å². The van der Waals surface area contributed by atoms with Gasteiger partial charge < -0.3 is 11.1 Å². The molecule has 3 N–H and O–H groups in total. The van der Waals surface area contributed by atoms with Crippen molar-refractivity contribution in [1.29, 1.82) is 0 Å². The van der Waals surface area contributed by atoms with Gasteiger partial charge in [0.25, 0.3) is 0 Å². The van der Waals surface area contributed by atoms with E-state index in [9.17, 15) is 0 Å². The average Bonchev–Trinajstić information content (AvgIpc) is 2.27. The molecule has 0 radical (unpaired) electrons. The van der Waals surface area contributed by atoms with Gasteiger partial charge in [-0.15, -0.1) is 0 Å². The Labute approximate surface area is 113 Å². The molecule has 0 atom stereocenters. The highest BCUT2D eigenvalue weighted by molar-refractivity contribution is 7.80. The third-order valence-corrected chi connectivity index (χ3v) is 2.79. The number of benzene rings is 2. The number of anilines is 1. The Morgan fingerprint density at radius 1 is 1.00 bits per heavy atom. The molecule has 3 heteroatoms. The molecule has 92 valence electrons. The second kappa shape index (κ2) is 5.19. The molecule has 0 unspecified atom stereocenters. The van der Waals surface area contributed by atoms with Gasteiger partial charge in [0.2, 0.25) is 0 Å². The predicted octanol–water partition coefficient (Wildman–Crippen LogP) is 3.63. The largest absolute Gasteiger partial charge is 0.376 e. The fraction of sp³-hybridized carbons (Fsp3) is 0.133. The Morgan fingerprint density at radius 3 is 2.28 bits per heavy atom. The van der Waals surface area contributed by atoms with Crippen LogP contribution in [0.2, 0.25) is 0 Å². The van der Waals surface area contributed by atoms with E-state index >= 15 is 0 Å². The average molecular weight is 256 g/mol. The molecule has 0 spiro atoms. The van der Waals surface area contributed by atoms with Crippen molar-refractivity contribution in [3.63, 3.8) is 0 Å². The number of nitrogens with two attached hydrogens (primary N) is 1. The van der Waals surface area contributed by atoms with Gasteiger partial charge in [-0.1, -0.05) is 41.5 Å². The number of aryl methyl sites for hydroxylation is 2. The topological polar surface area (TPSA) is 38.0 Å². The molecule has 2 nitrogen and oxygen atoms in total. The molecule has 0 aliphatic carbocycles. The van der Waals surface area contributed by atoms with E-state index in [0.29, 0.717) is 0 Å². The number of hydrogen-bond donors (Lipinski definition) is 2. The van der Waals surface area contributed by atoms with Crippen molar-refractivity contribution in [2.45, 2.75) is 13.8 Å². The van der Waals surface area contributed by atoms with E-state index in [1.165, 1.54) is 16.7 Å². The Bertz CT molecular complexity index is 571. The van der Waals surface area contributed by atoms with Crippen LogP contribution in [0.1, 0.15) is 11.1 Å². The van der Waals surface area contributed by atoms with E-state index in [1.54, 1.807) is 0 Å². The first-order chi connectivity index (χ1) is 8.54. The summed E-state index contributed by atoms with van der Waals surface area (Å²) in [6.07, 6.45) is 0. The summed E-state index contributed by atoms with van der Waals surface area (Å²) in [7, 11) is 0. The lowest BCUT2D eigenvalue weighted by Gasteiger charge is -2.08. The minimum absolute atomic E-state index is 0.285. The van der Waals surface area contributed by atoms with Crippen LogP contribution in [0.4, 0.5) is 5.69 Å². The summed E-state index contributed by atoms with van der Waals surface area (Å²) < 4.78 is 0. The molecule has 18 heavy (non-hydrogen) atoms. The van der Waals surface area contributed by atoms with Gasteiger partial charge >= 0.3 is 0 Å². The molecule has 0 aliphatic heterocycles. The highest BCUT2D eigenvalue weighted by Gasteiger charge is 2.01. The zero-order chi connectivity index (χ0) is 13.1. The zero-order valence-electron chi connectivity index (χ0n) is 10.5. The fourth-order valence-corrected chi connectivity index (χ4v) is 2.18. The Balaban J connectivity index is 2.41. The molecule has 0 saturated heterocycles. The standard InChI is InChI=1S/C15H16N2S/c1-10-6-11(2)8-13(7-10)12-4-3-5-14(9-12)17-15(16)18/h3-9H,1-2H3,(H3,16,17,18). The first kappa shape index (κ1) is 12.6. The van der Waals surface area contributed by atoms with Gasteiger partial charge in [-0.05, 0) is 49.3 Å². The lowest BCUT2D eigenvalue weighted by atomic mass is 10.0. The molecule has 0 amide bonds. The number of rotatable bonds is 2. The highest BCUT2D eigenvalue weighted by Crippen LogP contribution is 2.24. The quantitative estimate of drug-likeness (QED) is 0.806. The van der Waals surface area contributed by atoms with Gasteiger partial charge in [-0.2, -0.15) is 0 Å². The van der Waals surface area contributed by atoms with Crippen molar-refractivity contribution in [2.24, 2.45) is 5.73 Å². The van der Waals surface area contributed by atoms with Gasteiger partial charge in [0.15, 0.2) is 5.11 Å². The van der Waals surface area contributed by atoms with E-state index in [4.69, 9.17) is 18.0 Å². The lowest BCUT2D eigenvalue weighted by molar-refractivity contribution is 1.38. The predicted molar refractivity (Wildman–Crippen MR) is 81.8 cm³/mol. The normalized spacial score (nSPS) is 10.1. The molecule has 0 aliphatic rings. The zero-order valence-corrected chi connectivity index (χ0v) is 11.3. The van der Waals surface area contributed by atoms with Crippen molar-refractivity contribution in [2.75, 3.05) is 5.32 Å². The van der Waals surface area contributed by atoms with Crippen LogP contribution >= 0.6 is 12.2 Å². The summed E-state index contributed by atoms with van der Waals surface area (Å²) in [5.74, 6) is 0. The second-order valence-electron chi connectivity index (χ2n) is 4.45. The Morgan fingerprint density at radius 2 is 1.67 bits per heavy atom.